The summed E-state index contributed by atoms with van der Waals surface area (Å²) in [5.41, 5.74) is 1.53. The molecule has 0 saturated carbocycles. The van der Waals surface area contributed by atoms with Crippen molar-refractivity contribution in [1.29, 1.82) is 0 Å². The van der Waals surface area contributed by atoms with Gasteiger partial charge in [-0.3, -0.25) is 4.79 Å². The Labute approximate surface area is 112 Å². The zero-order chi connectivity index (χ0) is 13.8. The van der Waals surface area contributed by atoms with Crippen molar-refractivity contribution in [3.05, 3.63) is 47.5 Å². The Kier molecular flexibility index (Phi) is 3.85. The lowest BCUT2D eigenvalue weighted by molar-refractivity contribution is 0.0949. The molecule has 1 amide bonds. The van der Waals surface area contributed by atoms with Gasteiger partial charge in [-0.15, -0.1) is 0 Å². The molecule has 1 N–H and O–H groups in total. The van der Waals surface area contributed by atoms with E-state index in [-0.39, 0.29) is 5.91 Å². The maximum absolute atomic E-state index is 11.9. The van der Waals surface area contributed by atoms with E-state index < -0.39 is 0 Å². The summed E-state index contributed by atoms with van der Waals surface area (Å²) in [5.74, 6) is 1.38. The molecule has 2 rings (SSSR count). The van der Waals surface area contributed by atoms with Crippen LogP contribution in [0, 0.1) is 6.92 Å². The van der Waals surface area contributed by atoms with E-state index in [1.165, 1.54) is 6.26 Å². The number of carbonyl (C=O) groups excluding carboxylic acids is 1. The molecule has 2 heterocycles. The van der Waals surface area contributed by atoms with Gasteiger partial charge in [0.05, 0.1) is 11.8 Å². The molecule has 2 aromatic heterocycles. The van der Waals surface area contributed by atoms with Gasteiger partial charge in [-0.05, 0) is 24.6 Å². The van der Waals surface area contributed by atoms with Crippen LogP contribution in [0.2, 0.25) is 0 Å². The number of aryl methyl sites for hydroxylation is 1. The maximum atomic E-state index is 11.9. The third kappa shape index (κ3) is 3.13. The number of nitrogens with one attached hydrogen (secondary N) is 1. The van der Waals surface area contributed by atoms with E-state index in [1.807, 2.05) is 31.1 Å². The minimum absolute atomic E-state index is 0.136. The van der Waals surface area contributed by atoms with Crippen LogP contribution in [-0.4, -0.2) is 25.0 Å². The first-order valence-corrected chi connectivity index (χ1v) is 6.02. The molecule has 0 saturated heterocycles. The van der Waals surface area contributed by atoms with Gasteiger partial charge in [0.25, 0.3) is 5.91 Å². The van der Waals surface area contributed by atoms with Crippen molar-refractivity contribution in [1.82, 2.24) is 10.3 Å². The van der Waals surface area contributed by atoms with Crippen LogP contribution >= 0.6 is 0 Å². The molecule has 0 radical (unpaired) electrons. The van der Waals surface area contributed by atoms with Crippen LogP contribution in [0.3, 0.4) is 0 Å². The van der Waals surface area contributed by atoms with Crippen LogP contribution < -0.4 is 10.2 Å². The van der Waals surface area contributed by atoms with Crippen molar-refractivity contribution >= 4 is 11.7 Å². The largest absolute Gasteiger partial charge is 0.469 e. The third-order valence-electron chi connectivity index (χ3n) is 2.82. The van der Waals surface area contributed by atoms with E-state index in [2.05, 4.69) is 10.3 Å². The summed E-state index contributed by atoms with van der Waals surface area (Å²) in [6.45, 7) is 2.21. The first kappa shape index (κ1) is 13.1. The molecular formula is C14H17N3O2. The van der Waals surface area contributed by atoms with Crippen molar-refractivity contribution in [2.45, 2.75) is 13.5 Å². The van der Waals surface area contributed by atoms with Gasteiger partial charge in [-0.25, -0.2) is 4.98 Å². The standard InChI is InChI=1S/C14H17N3O2/c1-10-12(6-7-19-10)14(18)16-9-11-4-5-13(15-8-11)17(2)3/h4-8H,9H2,1-3H3,(H,16,18). The quantitative estimate of drug-likeness (QED) is 0.912. The number of rotatable bonds is 4. The lowest BCUT2D eigenvalue weighted by atomic mass is 10.2. The molecule has 0 aliphatic heterocycles. The number of nitrogens with zero attached hydrogens (tertiary/aromatic N) is 2. The molecule has 0 fully saturated rings. The normalized spacial score (nSPS) is 10.3. The fourth-order valence-electron chi connectivity index (χ4n) is 1.68. The second-order valence-electron chi connectivity index (χ2n) is 4.49. The van der Waals surface area contributed by atoms with E-state index in [9.17, 15) is 4.79 Å². The lowest BCUT2D eigenvalue weighted by Gasteiger charge is -2.11. The summed E-state index contributed by atoms with van der Waals surface area (Å²) < 4.78 is 5.10. The fourth-order valence-corrected chi connectivity index (χ4v) is 1.68. The first-order chi connectivity index (χ1) is 9.08. The molecule has 0 spiro atoms. The average Bonchev–Trinajstić information content (AvgIpc) is 2.83. The Bertz CT molecular complexity index is 558. The van der Waals surface area contributed by atoms with Gasteiger partial charge in [0.1, 0.15) is 11.6 Å². The van der Waals surface area contributed by atoms with Gasteiger partial charge in [0.15, 0.2) is 0 Å². The van der Waals surface area contributed by atoms with E-state index in [0.29, 0.717) is 17.9 Å². The highest BCUT2D eigenvalue weighted by Gasteiger charge is 2.10. The predicted octanol–water partition coefficient (Wildman–Crippen LogP) is 1.98. The number of pyridine rings is 1. The van der Waals surface area contributed by atoms with Gasteiger partial charge in [-0.1, -0.05) is 6.07 Å². The Morgan fingerprint density at radius 3 is 2.68 bits per heavy atom. The van der Waals surface area contributed by atoms with Crippen molar-refractivity contribution in [3.8, 4) is 0 Å². The molecule has 5 heteroatoms. The van der Waals surface area contributed by atoms with E-state index >= 15 is 0 Å². The summed E-state index contributed by atoms with van der Waals surface area (Å²) >= 11 is 0. The zero-order valence-electron chi connectivity index (χ0n) is 11.3. The smallest absolute Gasteiger partial charge is 0.255 e. The highest BCUT2D eigenvalue weighted by molar-refractivity contribution is 5.94. The molecule has 2 aromatic rings. The molecule has 0 aliphatic carbocycles. The summed E-state index contributed by atoms with van der Waals surface area (Å²) in [6.07, 6.45) is 3.27. The minimum atomic E-state index is -0.136. The van der Waals surface area contributed by atoms with Gasteiger partial charge >= 0.3 is 0 Å². The molecule has 5 nitrogen and oxygen atoms in total. The van der Waals surface area contributed by atoms with Crippen molar-refractivity contribution < 1.29 is 9.21 Å². The third-order valence-corrected chi connectivity index (χ3v) is 2.82. The highest BCUT2D eigenvalue weighted by atomic mass is 16.3. The number of hydrogen-bond acceptors (Lipinski definition) is 4. The molecular weight excluding hydrogens is 242 g/mol. The van der Waals surface area contributed by atoms with E-state index in [4.69, 9.17) is 4.42 Å². The molecule has 19 heavy (non-hydrogen) atoms. The van der Waals surface area contributed by atoms with Crippen LogP contribution in [0.15, 0.2) is 35.1 Å². The zero-order valence-corrected chi connectivity index (χ0v) is 11.3. The number of aromatic nitrogens is 1. The second-order valence-corrected chi connectivity index (χ2v) is 4.49. The fraction of sp³-hybridized carbons (Fsp3) is 0.286. The van der Waals surface area contributed by atoms with Crippen LogP contribution in [0.4, 0.5) is 5.82 Å². The molecule has 0 aliphatic rings. The number of anilines is 1. The molecule has 0 bridgehead atoms. The monoisotopic (exact) mass is 259 g/mol. The van der Waals surface area contributed by atoms with E-state index in [0.717, 1.165) is 11.4 Å². The Hall–Kier alpha value is -2.30. The first-order valence-electron chi connectivity index (χ1n) is 6.02. The maximum Gasteiger partial charge on any atom is 0.255 e. The second kappa shape index (κ2) is 5.56. The van der Waals surface area contributed by atoms with E-state index in [1.54, 1.807) is 19.2 Å². The molecule has 0 unspecified atom stereocenters. The highest BCUT2D eigenvalue weighted by Crippen LogP contribution is 2.10. The predicted molar refractivity (Wildman–Crippen MR) is 73.2 cm³/mol. The molecule has 100 valence electrons. The van der Waals surface area contributed by atoms with Gasteiger partial charge in [0.2, 0.25) is 0 Å². The molecule has 0 atom stereocenters. The number of furan rings is 1. The average molecular weight is 259 g/mol. The number of amides is 1. The number of carbonyl (C=O) groups is 1. The van der Waals surface area contributed by atoms with Crippen LogP contribution in [0.25, 0.3) is 0 Å². The van der Waals surface area contributed by atoms with Crippen molar-refractivity contribution in [2.75, 3.05) is 19.0 Å². The summed E-state index contributed by atoms with van der Waals surface area (Å²) in [5, 5.41) is 2.84. The minimum Gasteiger partial charge on any atom is -0.469 e. The topological polar surface area (TPSA) is 58.4 Å². The Morgan fingerprint density at radius 2 is 2.16 bits per heavy atom. The van der Waals surface area contributed by atoms with Crippen LogP contribution in [0.1, 0.15) is 21.7 Å². The van der Waals surface area contributed by atoms with Crippen LogP contribution in [0.5, 0.6) is 0 Å². The number of hydrogen-bond donors (Lipinski definition) is 1. The van der Waals surface area contributed by atoms with Gasteiger partial charge in [0, 0.05) is 26.8 Å². The van der Waals surface area contributed by atoms with Gasteiger partial charge in [-0.2, -0.15) is 0 Å². The van der Waals surface area contributed by atoms with Crippen molar-refractivity contribution in [2.24, 2.45) is 0 Å². The SMILES string of the molecule is Cc1occc1C(=O)NCc1ccc(N(C)C)nc1. The summed E-state index contributed by atoms with van der Waals surface area (Å²) in [6, 6.07) is 5.54. The van der Waals surface area contributed by atoms with Crippen LogP contribution in [-0.2, 0) is 6.54 Å². The Morgan fingerprint density at radius 1 is 1.37 bits per heavy atom. The summed E-state index contributed by atoms with van der Waals surface area (Å²) in [7, 11) is 3.87. The van der Waals surface area contributed by atoms with Crippen molar-refractivity contribution in [3.63, 3.8) is 0 Å². The lowest BCUT2D eigenvalue weighted by Crippen LogP contribution is -2.23. The summed E-state index contributed by atoms with van der Waals surface area (Å²) in [4.78, 5) is 18.1. The molecule has 0 aromatic carbocycles. The van der Waals surface area contributed by atoms with Gasteiger partial charge < -0.3 is 14.6 Å². The Balaban J connectivity index is 1.95.